The second kappa shape index (κ2) is 7.19. The van der Waals surface area contributed by atoms with Crippen molar-refractivity contribution in [2.75, 3.05) is 12.4 Å². The van der Waals surface area contributed by atoms with E-state index in [2.05, 4.69) is 10.5 Å². The van der Waals surface area contributed by atoms with Gasteiger partial charge in [-0.05, 0) is 25.1 Å². The minimum absolute atomic E-state index is 0.186. The number of aromatic nitrogens is 1. The van der Waals surface area contributed by atoms with E-state index in [1.807, 2.05) is 30.3 Å². The monoisotopic (exact) mass is 338 g/mol. The van der Waals surface area contributed by atoms with Crippen LogP contribution in [0.5, 0.6) is 5.75 Å². The lowest BCUT2D eigenvalue weighted by molar-refractivity contribution is 0.102. The Morgan fingerprint density at radius 1 is 1.24 bits per heavy atom. The number of rotatable bonds is 5. The summed E-state index contributed by atoms with van der Waals surface area (Å²) in [6.45, 7) is 1.51. The molecule has 0 atom stereocenters. The van der Waals surface area contributed by atoms with Gasteiger partial charge in [0.05, 0.1) is 13.7 Å². The van der Waals surface area contributed by atoms with Gasteiger partial charge in [-0.1, -0.05) is 35.5 Å². The molecule has 0 fully saturated rings. The molecule has 0 spiro atoms. The molecule has 0 saturated heterocycles. The highest BCUT2D eigenvalue weighted by Gasteiger charge is 2.21. The number of amides is 1. The molecule has 25 heavy (non-hydrogen) atoms. The zero-order valence-electron chi connectivity index (χ0n) is 13.9. The molecule has 0 aliphatic carbocycles. The molecular formula is C19H18N2O4. The van der Waals surface area contributed by atoms with E-state index in [1.165, 1.54) is 7.11 Å². The average Bonchev–Trinajstić information content (AvgIpc) is 3.04. The number of methoxy groups -OCH3 is 1. The van der Waals surface area contributed by atoms with Crippen LogP contribution < -0.4 is 10.1 Å². The van der Waals surface area contributed by atoms with E-state index in [-0.39, 0.29) is 12.5 Å². The van der Waals surface area contributed by atoms with Crippen molar-refractivity contribution in [2.24, 2.45) is 0 Å². The standard InChI is InChI=1S/C19H18N2O4/c1-12-17(18(21-25-12)13-6-4-3-5-7-13)19(23)20-15-8-9-16(24-2)14(10-15)11-22/h3-10,22H,11H2,1-2H3,(H,20,23). The highest BCUT2D eigenvalue weighted by atomic mass is 16.5. The molecular weight excluding hydrogens is 320 g/mol. The normalized spacial score (nSPS) is 10.5. The molecule has 1 heterocycles. The third-order valence-electron chi connectivity index (χ3n) is 3.85. The number of hydrogen-bond acceptors (Lipinski definition) is 5. The Labute approximate surface area is 145 Å². The van der Waals surface area contributed by atoms with Crippen LogP contribution in [0.3, 0.4) is 0 Å². The van der Waals surface area contributed by atoms with Gasteiger partial charge in [0.1, 0.15) is 22.8 Å². The average molecular weight is 338 g/mol. The number of nitrogens with zero attached hydrogens (tertiary/aromatic N) is 1. The van der Waals surface area contributed by atoms with Crippen molar-refractivity contribution in [1.29, 1.82) is 0 Å². The van der Waals surface area contributed by atoms with Gasteiger partial charge < -0.3 is 19.7 Å². The summed E-state index contributed by atoms with van der Waals surface area (Å²) in [4.78, 5) is 12.7. The molecule has 2 aromatic carbocycles. The number of aliphatic hydroxyl groups is 1. The van der Waals surface area contributed by atoms with E-state index in [0.29, 0.717) is 34.0 Å². The van der Waals surface area contributed by atoms with Crippen LogP contribution in [-0.4, -0.2) is 23.3 Å². The summed E-state index contributed by atoms with van der Waals surface area (Å²) in [6, 6.07) is 14.4. The summed E-state index contributed by atoms with van der Waals surface area (Å²) in [5, 5.41) is 16.2. The molecule has 0 unspecified atom stereocenters. The number of carbonyl (C=O) groups excluding carboxylic acids is 1. The van der Waals surface area contributed by atoms with Crippen molar-refractivity contribution in [3.63, 3.8) is 0 Å². The molecule has 3 aromatic rings. The summed E-state index contributed by atoms with van der Waals surface area (Å²) in [5.41, 5.74) is 2.81. The van der Waals surface area contributed by atoms with E-state index in [4.69, 9.17) is 9.26 Å². The summed E-state index contributed by atoms with van der Waals surface area (Å²) < 4.78 is 10.4. The van der Waals surface area contributed by atoms with Crippen LogP contribution in [0.25, 0.3) is 11.3 Å². The molecule has 0 saturated carbocycles. The first-order chi connectivity index (χ1) is 12.1. The molecule has 0 radical (unpaired) electrons. The van der Waals surface area contributed by atoms with Crippen molar-refractivity contribution >= 4 is 11.6 Å². The van der Waals surface area contributed by atoms with Crippen LogP contribution in [0.1, 0.15) is 21.7 Å². The minimum atomic E-state index is -0.327. The zero-order valence-corrected chi connectivity index (χ0v) is 13.9. The van der Waals surface area contributed by atoms with Crippen LogP contribution in [0.15, 0.2) is 53.1 Å². The van der Waals surface area contributed by atoms with Crippen molar-refractivity contribution < 1.29 is 19.2 Å². The number of hydrogen-bond donors (Lipinski definition) is 2. The third-order valence-corrected chi connectivity index (χ3v) is 3.85. The topological polar surface area (TPSA) is 84.6 Å². The van der Waals surface area contributed by atoms with Gasteiger partial charge in [0.15, 0.2) is 0 Å². The lowest BCUT2D eigenvalue weighted by Crippen LogP contribution is -2.13. The number of aryl methyl sites for hydroxylation is 1. The second-order valence-electron chi connectivity index (χ2n) is 5.47. The maximum absolute atomic E-state index is 12.7. The van der Waals surface area contributed by atoms with Crippen LogP contribution in [0, 0.1) is 6.92 Å². The second-order valence-corrected chi connectivity index (χ2v) is 5.47. The lowest BCUT2D eigenvalue weighted by Gasteiger charge is -2.10. The fourth-order valence-electron chi connectivity index (χ4n) is 2.61. The Balaban J connectivity index is 1.91. The maximum Gasteiger partial charge on any atom is 0.261 e. The van der Waals surface area contributed by atoms with E-state index >= 15 is 0 Å². The Morgan fingerprint density at radius 3 is 2.68 bits per heavy atom. The van der Waals surface area contributed by atoms with Gasteiger partial charge in [-0.3, -0.25) is 4.79 Å². The molecule has 2 N–H and O–H groups in total. The van der Waals surface area contributed by atoms with Crippen molar-refractivity contribution in [3.05, 3.63) is 65.4 Å². The highest BCUT2D eigenvalue weighted by molar-refractivity contribution is 6.08. The summed E-state index contributed by atoms with van der Waals surface area (Å²) in [7, 11) is 1.53. The first-order valence-corrected chi connectivity index (χ1v) is 7.75. The SMILES string of the molecule is COc1ccc(NC(=O)c2c(-c3ccccc3)noc2C)cc1CO. The van der Waals surface area contributed by atoms with Gasteiger partial charge in [0.25, 0.3) is 5.91 Å². The predicted octanol–water partition coefficient (Wildman–Crippen LogP) is 3.40. The Bertz CT molecular complexity index is 888. The van der Waals surface area contributed by atoms with E-state index < -0.39 is 0 Å². The lowest BCUT2D eigenvalue weighted by atomic mass is 10.1. The first kappa shape index (κ1) is 16.7. The number of ether oxygens (including phenoxy) is 1. The van der Waals surface area contributed by atoms with Gasteiger partial charge in [0.2, 0.25) is 0 Å². The maximum atomic E-state index is 12.7. The van der Waals surface area contributed by atoms with Crippen molar-refractivity contribution in [1.82, 2.24) is 5.16 Å². The quantitative estimate of drug-likeness (QED) is 0.745. The molecule has 1 amide bonds. The Kier molecular flexibility index (Phi) is 4.81. The molecule has 0 aliphatic heterocycles. The predicted molar refractivity (Wildman–Crippen MR) is 93.5 cm³/mol. The van der Waals surface area contributed by atoms with Crippen molar-refractivity contribution in [3.8, 4) is 17.0 Å². The smallest absolute Gasteiger partial charge is 0.261 e. The summed E-state index contributed by atoms with van der Waals surface area (Å²) >= 11 is 0. The van der Waals surface area contributed by atoms with Gasteiger partial charge in [-0.25, -0.2) is 0 Å². The summed E-state index contributed by atoms with van der Waals surface area (Å²) in [5.74, 6) is 0.672. The number of aliphatic hydroxyl groups excluding tert-OH is 1. The number of anilines is 1. The van der Waals surface area contributed by atoms with Crippen molar-refractivity contribution in [2.45, 2.75) is 13.5 Å². The number of nitrogens with one attached hydrogen (secondary N) is 1. The molecule has 3 rings (SSSR count). The molecule has 1 aromatic heterocycles. The van der Waals surface area contributed by atoms with Crippen LogP contribution >= 0.6 is 0 Å². The van der Waals surface area contributed by atoms with E-state index in [0.717, 1.165) is 5.56 Å². The molecule has 128 valence electrons. The number of benzene rings is 2. The minimum Gasteiger partial charge on any atom is -0.496 e. The number of carbonyl (C=O) groups is 1. The van der Waals surface area contributed by atoms with Crippen LogP contribution in [0.4, 0.5) is 5.69 Å². The zero-order chi connectivity index (χ0) is 17.8. The first-order valence-electron chi connectivity index (χ1n) is 7.75. The fourth-order valence-corrected chi connectivity index (χ4v) is 2.61. The van der Waals surface area contributed by atoms with Crippen LogP contribution in [-0.2, 0) is 6.61 Å². The highest BCUT2D eigenvalue weighted by Crippen LogP contribution is 2.27. The molecule has 6 heteroatoms. The Hall–Kier alpha value is -3.12. The van der Waals surface area contributed by atoms with Gasteiger partial charge in [-0.2, -0.15) is 0 Å². The third kappa shape index (κ3) is 3.39. The van der Waals surface area contributed by atoms with Gasteiger partial charge in [0, 0.05) is 16.8 Å². The molecule has 6 nitrogen and oxygen atoms in total. The summed E-state index contributed by atoms with van der Waals surface area (Å²) in [6.07, 6.45) is 0. The molecule has 0 aliphatic rings. The van der Waals surface area contributed by atoms with E-state index in [1.54, 1.807) is 25.1 Å². The van der Waals surface area contributed by atoms with Crippen LogP contribution in [0.2, 0.25) is 0 Å². The van der Waals surface area contributed by atoms with Gasteiger partial charge >= 0.3 is 0 Å². The molecule has 0 bridgehead atoms. The van der Waals surface area contributed by atoms with E-state index in [9.17, 15) is 9.90 Å². The Morgan fingerprint density at radius 2 is 2.00 bits per heavy atom. The largest absolute Gasteiger partial charge is 0.496 e. The van der Waals surface area contributed by atoms with Gasteiger partial charge in [-0.15, -0.1) is 0 Å². The fraction of sp³-hybridized carbons (Fsp3) is 0.158.